The molecule has 1 aliphatic carbocycles. The first-order valence-electron chi connectivity index (χ1n) is 13.7. The van der Waals surface area contributed by atoms with Gasteiger partial charge in [0.05, 0.1) is 46.7 Å². The summed E-state index contributed by atoms with van der Waals surface area (Å²) in [6.45, 7) is 6.02. The Kier molecular flexibility index (Phi) is 9.60. The van der Waals surface area contributed by atoms with Crippen LogP contribution in [0.4, 0.5) is 0 Å². The molecular formula is C32H39NO8. The summed E-state index contributed by atoms with van der Waals surface area (Å²) in [5.41, 5.74) is 3.90. The zero-order valence-corrected chi connectivity index (χ0v) is 24.8. The third kappa shape index (κ3) is 6.20. The number of methoxy groups -OCH3 is 4. The highest BCUT2D eigenvalue weighted by Gasteiger charge is 2.42. The topological polar surface area (TPSA) is 102 Å². The van der Waals surface area contributed by atoms with Crippen LogP contribution in [-0.2, 0) is 19.1 Å². The summed E-state index contributed by atoms with van der Waals surface area (Å²) in [4.78, 5) is 27.6. The fourth-order valence-electron chi connectivity index (χ4n) is 5.63. The summed E-state index contributed by atoms with van der Waals surface area (Å²) in [5, 5.41) is 3.38. The molecule has 0 saturated carbocycles. The highest BCUT2D eigenvalue weighted by molar-refractivity contribution is 6.04. The van der Waals surface area contributed by atoms with Crippen molar-refractivity contribution in [2.24, 2.45) is 0 Å². The molecule has 220 valence electrons. The Labute approximate surface area is 241 Å². The van der Waals surface area contributed by atoms with Gasteiger partial charge in [0.2, 0.25) is 5.75 Å². The molecule has 0 aromatic heterocycles. The Balaban J connectivity index is 1.81. The summed E-state index contributed by atoms with van der Waals surface area (Å²) in [5.74, 6) is 0.642. The van der Waals surface area contributed by atoms with Crippen molar-refractivity contribution in [3.63, 3.8) is 0 Å². The summed E-state index contributed by atoms with van der Waals surface area (Å²) in [7, 11) is 6.22. The number of carbonyl (C=O) groups is 2. The molecule has 1 N–H and O–H groups in total. The zero-order valence-electron chi connectivity index (χ0n) is 24.8. The van der Waals surface area contributed by atoms with Crippen molar-refractivity contribution >= 4 is 11.8 Å². The van der Waals surface area contributed by atoms with Gasteiger partial charge < -0.3 is 33.7 Å². The number of carbonyl (C=O) groups excluding carboxylic acids is 2. The summed E-state index contributed by atoms with van der Waals surface area (Å²) in [6, 6.07) is 11.3. The van der Waals surface area contributed by atoms with Crippen LogP contribution in [0.15, 0.2) is 58.9 Å². The molecule has 0 radical (unpaired) electrons. The number of esters is 1. The number of rotatable bonds is 11. The van der Waals surface area contributed by atoms with Gasteiger partial charge in [0, 0.05) is 35.2 Å². The standard InChI is InChI=1S/C32H39NO8/c1-18(2)40-12-13-41-32(35)28-19(3)33-23-14-20(22-10-8-9-11-25(22)36-4)15-24(34)30(23)29(28)21-16-26(37-5)31(39-7)27(17-21)38-6/h8-11,16-18,20,29,33H,12-15H2,1-7H3. The number of allylic oxidation sites excluding steroid dienone is 3. The molecule has 2 aliphatic rings. The minimum Gasteiger partial charge on any atom is -0.496 e. The van der Waals surface area contributed by atoms with E-state index in [0.717, 1.165) is 17.0 Å². The Morgan fingerprint density at radius 1 is 0.927 bits per heavy atom. The maximum Gasteiger partial charge on any atom is 0.336 e. The first-order valence-corrected chi connectivity index (χ1v) is 13.7. The van der Waals surface area contributed by atoms with Crippen LogP contribution in [-0.4, -0.2) is 59.5 Å². The van der Waals surface area contributed by atoms with Crippen LogP contribution < -0.4 is 24.3 Å². The van der Waals surface area contributed by atoms with E-state index in [-0.39, 0.29) is 37.4 Å². The van der Waals surface area contributed by atoms with E-state index in [0.29, 0.717) is 46.1 Å². The molecule has 9 heteroatoms. The molecule has 0 amide bonds. The van der Waals surface area contributed by atoms with Crippen molar-refractivity contribution < 1.29 is 38.0 Å². The lowest BCUT2D eigenvalue weighted by molar-refractivity contribution is -0.141. The molecule has 1 aliphatic heterocycles. The SMILES string of the molecule is COc1ccccc1C1CC(=O)C2=C(C1)NC(C)=C(C(=O)OCCOC(C)C)C2c1cc(OC)c(OC)c(OC)c1. The van der Waals surface area contributed by atoms with Gasteiger partial charge in [-0.3, -0.25) is 4.79 Å². The number of nitrogens with one attached hydrogen (secondary N) is 1. The molecule has 1 heterocycles. The normalized spacial score (nSPS) is 18.6. The van der Waals surface area contributed by atoms with Gasteiger partial charge in [0.25, 0.3) is 0 Å². The molecule has 0 saturated heterocycles. The van der Waals surface area contributed by atoms with Gasteiger partial charge in [-0.2, -0.15) is 0 Å². The second-order valence-corrected chi connectivity index (χ2v) is 10.3. The minimum absolute atomic E-state index is 0.0155. The lowest BCUT2D eigenvalue weighted by Crippen LogP contribution is -2.36. The number of benzene rings is 2. The van der Waals surface area contributed by atoms with Crippen molar-refractivity contribution in [3.8, 4) is 23.0 Å². The maximum absolute atomic E-state index is 14.0. The van der Waals surface area contributed by atoms with E-state index in [2.05, 4.69) is 5.32 Å². The van der Waals surface area contributed by atoms with Crippen LogP contribution in [0.2, 0.25) is 0 Å². The molecule has 4 rings (SSSR count). The predicted molar refractivity (Wildman–Crippen MR) is 154 cm³/mol. The lowest BCUT2D eigenvalue weighted by Gasteiger charge is -2.37. The first-order chi connectivity index (χ1) is 19.7. The smallest absolute Gasteiger partial charge is 0.336 e. The van der Waals surface area contributed by atoms with Crippen LogP contribution in [0.3, 0.4) is 0 Å². The quantitative estimate of drug-likeness (QED) is 0.296. The van der Waals surface area contributed by atoms with Crippen LogP contribution >= 0.6 is 0 Å². The van der Waals surface area contributed by atoms with Crippen LogP contribution in [0.1, 0.15) is 56.6 Å². The number of dihydropyridines is 1. The van der Waals surface area contributed by atoms with E-state index < -0.39 is 11.9 Å². The van der Waals surface area contributed by atoms with Crippen molar-refractivity contribution in [1.29, 1.82) is 0 Å². The number of ketones is 1. The zero-order chi connectivity index (χ0) is 29.7. The number of ether oxygens (including phenoxy) is 6. The fraction of sp³-hybridized carbons (Fsp3) is 0.438. The van der Waals surface area contributed by atoms with Gasteiger partial charge in [-0.25, -0.2) is 4.79 Å². The predicted octanol–water partition coefficient (Wildman–Crippen LogP) is 5.05. The van der Waals surface area contributed by atoms with Gasteiger partial charge in [-0.15, -0.1) is 0 Å². The Bertz CT molecular complexity index is 1330. The van der Waals surface area contributed by atoms with Crippen molar-refractivity contribution in [3.05, 3.63) is 70.1 Å². The van der Waals surface area contributed by atoms with E-state index in [4.69, 9.17) is 28.4 Å². The Morgan fingerprint density at radius 2 is 1.59 bits per heavy atom. The van der Waals surface area contributed by atoms with Crippen LogP contribution in [0.5, 0.6) is 23.0 Å². The summed E-state index contributed by atoms with van der Waals surface area (Å²) in [6.07, 6.45) is 0.858. The second kappa shape index (κ2) is 13.1. The third-order valence-electron chi connectivity index (χ3n) is 7.41. The fourth-order valence-corrected chi connectivity index (χ4v) is 5.63. The lowest BCUT2D eigenvalue weighted by atomic mass is 9.71. The van der Waals surface area contributed by atoms with E-state index in [1.165, 1.54) is 21.3 Å². The van der Waals surface area contributed by atoms with E-state index in [1.54, 1.807) is 19.2 Å². The number of para-hydroxylation sites is 1. The molecule has 41 heavy (non-hydrogen) atoms. The number of hydrogen-bond donors (Lipinski definition) is 1. The molecule has 2 aromatic carbocycles. The summed E-state index contributed by atoms with van der Waals surface area (Å²) >= 11 is 0. The molecule has 0 bridgehead atoms. The van der Waals surface area contributed by atoms with Gasteiger partial charge in [-0.1, -0.05) is 18.2 Å². The van der Waals surface area contributed by atoms with Gasteiger partial charge in [0.15, 0.2) is 17.3 Å². The minimum atomic E-state index is -0.704. The average molecular weight is 566 g/mol. The molecule has 2 atom stereocenters. The third-order valence-corrected chi connectivity index (χ3v) is 7.41. The Morgan fingerprint density at radius 3 is 2.20 bits per heavy atom. The van der Waals surface area contributed by atoms with Gasteiger partial charge in [-0.05, 0) is 56.5 Å². The summed E-state index contributed by atoms with van der Waals surface area (Å²) < 4.78 is 33.5. The second-order valence-electron chi connectivity index (χ2n) is 10.3. The highest BCUT2D eigenvalue weighted by Crippen LogP contribution is 2.49. The van der Waals surface area contributed by atoms with Crippen LogP contribution in [0, 0.1) is 0 Å². The molecule has 2 aromatic rings. The van der Waals surface area contributed by atoms with E-state index >= 15 is 0 Å². The first kappa shape index (κ1) is 30.0. The van der Waals surface area contributed by atoms with Crippen LogP contribution in [0.25, 0.3) is 0 Å². The average Bonchev–Trinajstić information content (AvgIpc) is 2.97. The molecule has 2 unspecified atom stereocenters. The van der Waals surface area contributed by atoms with Crippen molar-refractivity contribution in [2.75, 3.05) is 41.7 Å². The Hall–Kier alpha value is -3.98. The molecular weight excluding hydrogens is 526 g/mol. The van der Waals surface area contributed by atoms with Gasteiger partial charge >= 0.3 is 5.97 Å². The van der Waals surface area contributed by atoms with E-state index in [1.807, 2.05) is 45.0 Å². The number of Topliss-reactive ketones (excluding diaryl/α,β-unsaturated/α-hetero) is 1. The monoisotopic (exact) mass is 565 g/mol. The van der Waals surface area contributed by atoms with Crippen molar-refractivity contribution in [1.82, 2.24) is 5.32 Å². The van der Waals surface area contributed by atoms with E-state index in [9.17, 15) is 9.59 Å². The van der Waals surface area contributed by atoms with Crippen molar-refractivity contribution in [2.45, 2.75) is 51.6 Å². The maximum atomic E-state index is 14.0. The molecule has 9 nitrogen and oxygen atoms in total. The largest absolute Gasteiger partial charge is 0.496 e. The molecule has 0 spiro atoms. The number of hydrogen-bond acceptors (Lipinski definition) is 9. The highest BCUT2D eigenvalue weighted by atomic mass is 16.6. The van der Waals surface area contributed by atoms with Gasteiger partial charge in [0.1, 0.15) is 12.4 Å². The molecule has 0 fully saturated rings.